The fourth-order valence-corrected chi connectivity index (χ4v) is 4.10. The third-order valence-electron chi connectivity index (χ3n) is 6.26. The van der Waals surface area contributed by atoms with Gasteiger partial charge in [0.25, 0.3) is 0 Å². The molecule has 0 heterocycles. The summed E-state index contributed by atoms with van der Waals surface area (Å²) in [5.74, 6) is -2.04. The van der Waals surface area contributed by atoms with E-state index in [1.165, 1.54) is 25.1 Å². The molecule has 0 bridgehead atoms. The summed E-state index contributed by atoms with van der Waals surface area (Å²) in [6, 6.07) is 15.6. The van der Waals surface area contributed by atoms with Crippen molar-refractivity contribution in [2.45, 2.75) is 51.7 Å². The Morgan fingerprint density at radius 3 is 1.91 bits per heavy atom. The Morgan fingerprint density at radius 1 is 0.818 bits per heavy atom. The molecule has 7 nitrogen and oxygen atoms in total. The molecule has 0 saturated carbocycles. The molecule has 44 heavy (non-hydrogen) atoms. The van der Waals surface area contributed by atoms with Gasteiger partial charge in [-0.05, 0) is 62.6 Å². The lowest BCUT2D eigenvalue weighted by molar-refractivity contribution is -0.163. The molecule has 0 aliphatic heterocycles. The summed E-state index contributed by atoms with van der Waals surface area (Å²) in [6.45, 7) is 12.6. The van der Waals surface area contributed by atoms with Crippen molar-refractivity contribution >= 4 is 11.9 Å². The van der Waals surface area contributed by atoms with E-state index in [0.717, 1.165) is 17.2 Å². The number of halogens is 3. The highest BCUT2D eigenvalue weighted by Crippen LogP contribution is 2.41. The van der Waals surface area contributed by atoms with Gasteiger partial charge in [-0.1, -0.05) is 67.8 Å². The molecular formula is C34H35F3O7. The van der Waals surface area contributed by atoms with Crippen LogP contribution in [0.1, 0.15) is 54.7 Å². The predicted molar refractivity (Wildman–Crippen MR) is 159 cm³/mol. The molecule has 1 unspecified atom stereocenters. The van der Waals surface area contributed by atoms with E-state index in [-0.39, 0.29) is 30.9 Å². The number of esters is 2. The third-order valence-corrected chi connectivity index (χ3v) is 6.26. The Kier molecular flexibility index (Phi) is 10.7. The number of hydrogen-bond donors (Lipinski definition) is 1. The maximum Gasteiger partial charge on any atom is 0.419 e. The van der Waals surface area contributed by atoms with Crippen molar-refractivity contribution in [3.05, 3.63) is 108 Å². The number of benzene rings is 3. The zero-order chi connectivity index (χ0) is 32.7. The Balaban J connectivity index is 1.85. The van der Waals surface area contributed by atoms with Crippen LogP contribution in [0.15, 0.2) is 86.0 Å². The molecule has 0 aromatic heterocycles. The van der Waals surface area contributed by atoms with E-state index in [1.54, 1.807) is 69.3 Å². The van der Waals surface area contributed by atoms with Crippen LogP contribution in [0.2, 0.25) is 0 Å². The van der Waals surface area contributed by atoms with Crippen LogP contribution in [-0.2, 0) is 32.7 Å². The third kappa shape index (κ3) is 8.50. The van der Waals surface area contributed by atoms with Gasteiger partial charge in [0.2, 0.25) is 0 Å². The molecular weight excluding hydrogens is 577 g/mol. The number of aliphatic hydroxyl groups is 1. The van der Waals surface area contributed by atoms with Crippen LogP contribution in [0.5, 0.6) is 11.5 Å². The molecule has 1 N–H and O–H groups in total. The van der Waals surface area contributed by atoms with Gasteiger partial charge in [0.05, 0.1) is 5.56 Å². The van der Waals surface area contributed by atoms with Crippen molar-refractivity contribution in [1.82, 2.24) is 0 Å². The molecule has 0 spiro atoms. The highest BCUT2D eigenvalue weighted by atomic mass is 19.4. The lowest BCUT2D eigenvalue weighted by atomic mass is 9.94. The molecule has 3 aromatic rings. The Morgan fingerprint density at radius 2 is 1.39 bits per heavy atom. The molecule has 0 fully saturated rings. The minimum atomic E-state index is -4.79. The molecule has 0 aliphatic rings. The number of hydrogen-bond acceptors (Lipinski definition) is 7. The monoisotopic (exact) mass is 612 g/mol. The van der Waals surface area contributed by atoms with Crippen LogP contribution >= 0.6 is 0 Å². The average Bonchev–Trinajstić information content (AvgIpc) is 2.96. The first kappa shape index (κ1) is 33.9. The van der Waals surface area contributed by atoms with E-state index in [9.17, 15) is 27.9 Å². The van der Waals surface area contributed by atoms with Gasteiger partial charge in [-0.2, -0.15) is 13.2 Å². The number of carbonyl (C=O) groups is 2. The highest BCUT2D eigenvalue weighted by Gasteiger charge is 2.38. The van der Waals surface area contributed by atoms with E-state index in [1.807, 2.05) is 0 Å². The molecule has 0 saturated heterocycles. The fourth-order valence-electron chi connectivity index (χ4n) is 4.10. The van der Waals surface area contributed by atoms with Gasteiger partial charge in [-0.3, -0.25) is 0 Å². The van der Waals surface area contributed by atoms with Gasteiger partial charge in [0.1, 0.15) is 42.5 Å². The summed E-state index contributed by atoms with van der Waals surface area (Å²) in [5.41, 5.74) is -2.23. The summed E-state index contributed by atoms with van der Waals surface area (Å²) < 4.78 is 63.2. The number of carbonyl (C=O) groups excluding carboxylic acids is 2. The maximum atomic E-state index is 13.9. The Hall–Kier alpha value is -4.57. The maximum absolute atomic E-state index is 13.9. The quantitative estimate of drug-likeness (QED) is 0.168. The molecule has 10 heteroatoms. The summed E-state index contributed by atoms with van der Waals surface area (Å²) in [4.78, 5) is 25.3. The molecule has 234 valence electrons. The van der Waals surface area contributed by atoms with Crippen molar-refractivity contribution < 1.29 is 46.8 Å². The zero-order valence-electron chi connectivity index (χ0n) is 25.0. The van der Waals surface area contributed by atoms with Gasteiger partial charge in [-0.25, -0.2) is 9.59 Å². The summed E-state index contributed by atoms with van der Waals surface area (Å²) in [5, 5.41) is 10.6. The summed E-state index contributed by atoms with van der Waals surface area (Å²) >= 11 is 0. The fraction of sp³-hybridized carbons (Fsp3) is 0.294. The van der Waals surface area contributed by atoms with E-state index in [2.05, 4.69) is 13.2 Å². The molecule has 1 atom stereocenters. The first-order valence-corrected chi connectivity index (χ1v) is 13.6. The number of alkyl halides is 3. The Labute approximate surface area is 254 Å². The van der Waals surface area contributed by atoms with Crippen molar-refractivity contribution in [2.75, 3.05) is 13.2 Å². The second kappa shape index (κ2) is 13.8. The summed E-state index contributed by atoms with van der Waals surface area (Å²) in [6.07, 6.45) is -2.10. The van der Waals surface area contributed by atoms with Crippen LogP contribution in [-0.4, -0.2) is 35.9 Å². The zero-order valence-corrected chi connectivity index (χ0v) is 25.0. The van der Waals surface area contributed by atoms with E-state index in [0.29, 0.717) is 11.3 Å². The van der Waals surface area contributed by atoms with Gasteiger partial charge < -0.3 is 24.1 Å². The first-order chi connectivity index (χ1) is 20.6. The van der Waals surface area contributed by atoms with Crippen LogP contribution in [0.25, 0.3) is 11.1 Å². The summed E-state index contributed by atoms with van der Waals surface area (Å²) in [7, 11) is 0. The average molecular weight is 613 g/mol. The first-order valence-electron chi connectivity index (χ1n) is 13.6. The van der Waals surface area contributed by atoms with Gasteiger partial charge in [0, 0.05) is 5.56 Å². The standard InChI is InChI=1S/C34H35F3O7/c1-7-19-41-29-27(34(35,36)37)18-13-24(28(29)30(38)44-32(3,4)5)21-43-26-16-11-23(12-17-26)22-9-14-25(15-10-22)33(6,40)31(39)42-20-8-2/h7-18,40H,1-2,19-21H2,3-6H3. The van der Waals surface area contributed by atoms with Crippen molar-refractivity contribution in [1.29, 1.82) is 0 Å². The predicted octanol–water partition coefficient (Wildman–Crippen LogP) is 7.41. The molecule has 0 aliphatic carbocycles. The van der Waals surface area contributed by atoms with E-state index < -0.39 is 40.6 Å². The largest absolute Gasteiger partial charge is 0.489 e. The minimum absolute atomic E-state index is 0.0209. The molecule has 3 rings (SSSR count). The van der Waals surface area contributed by atoms with Crippen molar-refractivity contribution in [3.63, 3.8) is 0 Å². The lowest BCUT2D eigenvalue weighted by Gasteiger charge is -2.24. The van der Waals surface area contributed by atoms with E-state index in [4.69, 9.17) is 18.9 Å². The minimum Gasteiger partial charge on any atom is -0.489 e. The second-order valence-corrected chi connectivity index (χ2v) is 10.9. The van der Waals surface area contributed by atoms with Crippen molar-refractivity contribution in [3.8, 4) is 22.6 Å². The SMILES string of the molecule is C=CCOC(=O)C(C)(O)c1ccc(-c2ccc(OCc3ccc(C(F)(F)F)c(OCC=C)c3C(=O)OC(C)(C)C)cc2)cc1. The second-order valence-electron chi connectivity index (χ2n) is 10.9. The normalized spacial score (nSPS) is 12.9. The topological polar surface area (TPSA) is 91.3 Å². The van der Waals surface area contributed by atoms with E-state index >= 15 is 0 Å². The van der Waals surface area contributed by atoms with Crippen LogP contribution in [0, 0.1) is 0 Å². The Bertz CT molecular complexity index is 1480. The van der Waals surface area contributed by atoms with Crippen LogP contribution in [0.4, 0.5) is 13.2 Å². The molecule has 0 amide bonds. The van der Waals surface area contributed by atoms with Gasteiger partial charge >= 0.3 is 18.1 Å². The van der Waals surface area contributed by atoms with Crippen molar-refractivity contribution in [2.24, 2.45) is 0 Å². The van der Waals surface area contributed by atoms with Crippen LogP contribution in [0.3, 0.4) is 0 Å². The van der Waals surface area contributed by atoms with Gasteiger partial charge in [-0.15, -0.1) is 0 Å². The number of rotatable bonds is 12. The molecule has 0 radical (unpaired) electrons. The highest BCUT2D eigenvalue weighted by molar-refractivity contribution is 5.95. The number of ether oxygens (including phenoxy) is 4. The lowest BCUT2D eigenvalue weighted by Crippen LogP contribution is -2.34. The van der Waals surface area contributed by atoms with Gasteiger partial charge in [0.15, 0.2) is 5.60 Å². The van der Waals surface area contributed by atoms with Crippen LogP contribution < -0.4 is 9.47 Å². The smallest absolute Gasteiger partial charge is 0.419 e. The molecule has 3 aromatic carbocycles.